The Balaban J connectivity index is 0.000000142. The molecular formula is C114H150F3N17O7. The van der Waals surface area contributed by atoms with E-state index in [0.717, 1.165) is 276 Å². The molecule has 0 spiro atoms. The fourth-order valence-electron chi connectivity index (χ4n) is 20.5. The van der Waals surface area contributed by atoms with Crippen molar-refractivity contribution in [2.24, 2.45) is 0 Å². The molecule has 12 aromatic rings. The van der Waals surface area contributed by atoms with Crippen molar-refractivity contribution in [2.75, 3.05) is 228 Å². The van der Waals surface area contributed by atoms with Crippen molar-refractivity contribution < 1.29 is 46.7 Å². The molecule has 3 unspecified atom stereocenters. The van der Waals surface area contributed by atoms with Crippen LogP contribution in [-0.2, 0) is 14.9 Å². The zero-order valence-corrected chi connectivity index (χ0v) is 86.2. The molecule has 1 saturated carbocycles. The number of aromatic nitrogens is 8. The van der Waals surface area contributed by atoms with Crippen LogP contribution in [0.1, 0.15) is 225 Å². The van der Waals surface area contributed by atoms with Gasteiger partial charge in [0.1, 0.15) is 75.0 Å². The number of likely N-dealkylation sites (N-methyl/N-ethyl adjacent to an activating group) is 3. The number of aliphatic hydroxyl groups is 1. The third kappa shape index (κ3) is 24.5. The summed E-state index contributed by atoms with van der Waals surface area (Å²) in [5.74, 6) is 13.3. The molecule has 6 fully saturated rings. The number of alkyl halides is 3. The number of rotatable bonds is 33. The second-order valence-corrected chi connectivity index (χ2v) is 39.3. The Morgan fingerprint density at radius 3 is 0.972 bits per heavy atom. The Labute approximate surface area is 833 Å². The van der Waals surface area contributed by atoms with Gasteiger partial charge >= 0.3 is 6.18 Å². The first-order valence-electron chi connectivity index (χ1n) is 51.5. The molecule has 9 heterocycles. The largest absolute Gasteiger partial charge is 0.496 e. The highest BCUT2D eigenvalue weighted by molar-refractivity contribution is 5.96. The summed E-state index contributed by atoms with van der Waals surface area (Å²) < 4.78 is 75.2. The van der Waals surface area contributed by atoms with E-state index < -0.39 is 11.6 Å². The number of aliphatic hydroxyl groups excluding tert-OH is 1. The zero-order valence-electron chi connectivity index (χ0n) is 86.2. The highest BCUT2D eigenvalue weighted by atomic mass is 19.4. The lowest BCUT2D eigenvalue weighted by molar-refractivity contribution is -0.162. The lowest BCUT2D eigenvalue weighted by atomic mass is 9.88. The van der Waals surface area contributed by atoms with Gasteiger partial charge in [0.05, 0.1) is 76.9 Å². The third-order valence-corrected chi connectivity index (χ3v) is 30.3. The number of ether oxygens (including phenoxy) is 6. The number of halogens is 3. The smallest absolute Gasteiger partial charge is 0.401 e. The average molecular weight is 1930 g/mol. The molecule has 6 aliphatic rings. The van der Waals surface area contributed by atoms with Crippen LogP contribution in [-0.4, -0.2) is 244 Å². The van der Waals surface area contributed by atoms with Crippen molar-refractivity contribution in [1.82, 2.24) is 44.8 Å². The molecule has 0 radical (unpaired) electrons. The van der Waals surface area contributed by atoms with E-state index in [4.69, 9.17) is 58.3 Å². The van der Waals surface area contributed by atoms with Crippen LogP contribution < -0.4 is 58.1 Å². The normalized spacial score (nSPS) is 16.8. The lowest BCUT2D eigenvalue weighted by Crippen LogP contribution is -2.40. The minimum absolute atomic E-state index is 0.00139. The molecule has 754 valence electrons. The molecule has 0 bridgehead atoms. The third-order valence-electron chi connectivity index (χ3n) is 30.3. The maximum absolute atomic E-state index is 14.0. The average Bonchev–Trinajstić information content (AvgIpc) is 1.55. The van der Waals surface area contributed by atoms with E-state index in [1.54, 1.807) is 41.6 Å². The van der Waals surface area contributed by atoms with Gasteiger partial charge in [-0.3, -0.25) is 4.90 Å². The molecule has 1 N–H and O–H groups in total. The van der Waals surface area contributed by atoms with Crippen molar-refractivity contribution >= 4 is 89.6 Å². The fourth-order valence-corrected chi connectivity index (χ4v) is 20.5. The minimum Gasteiger partial charge on any atom is -0.496 e. The van der Waals surface area contributed by atoms with Crippen LogP contribution in [0.5, 0.6) is 23.0 Å². The first-order chi connectivity index (χ1) is 68.4. The molecule has 18 rings (SSSR count). The Kier molecular flexibility index (Phi) is 35.6. The first-order valence-corrected chi connectivity index (χ1v) is 51.5. The topological polar surface area (TPSA) is 208 Å². The number of para-hydroxylation sites is 4. The number of hydrogen-bond acceptors (Lipinski definition) is 24. The Bertz CT molecular complexity index is 6070. The van der Waals surface area contributed by atoms with E-state index in [9.17, 15) is 18.3 Å². The molecule has 141 heavy (non-hydrogen) atoms. The van der Waals surface area contributed by atoms with Crippen LogP contribution in [0, 0.1) is 0 Å². The highest BCUT2D eigenvalue weighted by Crippen LogP contribution is 2.59. The van der Waals surface area contributed by atoms with Crippen LogP contribution in [0.3, 0.4) is 0 Å². The molecule has 0 amide bonds. The number of nitrogens with zero attached hydrogens (tertiary/aromatic N) is 17. The van der Waals surface area contributed by atoms with Crippen LogP contribution in [0.4, 0.5) is 59.2 Å². The van der Waals surface area contributed by atoms with E-state index >= 15 is 0 Å². The second kappa shape index (κ2) is 48.4. The number of hydrogen-bond donors (Lipinski definition) is 1. The summed E-state index contributed by atoms with van der Waals surface area (Å²) in [7, 11) is 17.0. The van der Waals surface area contributed by atoms with E-state index in [1.165, 1.54) is 33.5 Å². The van der Waals surface area contributed by atoms with E-state index in [-0.39, 0.29) is 25.3 Å². The standard InChI is InChI=1S/C31H43N5O2.C28H38N4O2.C28H38N4O.C27H31F3N4O2/c1-5-23(2)30-32-28-11-10-25(34(3)16-17-35-18-20-38-21-19-35)22-27(28)31(33-30)36-14-12-24(13-15-36)26-8-6-7-9-29(26)37-4;1-6-20(2)27-29-25-12-11-22(31(3)17-18-33-4)19-24(25)28(30-27)32-15-13-21(14-16-32)23-9-7-8-10-26(23)34-5;1-6-16-31(4)22-12-13-25-24(19-22)28(30-27(29-25)20(3)7-2)32-17-14-21(15-18-32)23-10-8-9-11-26(23)33-5;1-33(15-16-35)19-7-8-22-21(17-19)24(32-25(31-22)26(11-12-26)27(28,29)30)34-13-9-18(10-14-34)20-5-3-4-6-23(20)36-2/h6-11,22-24H,5,12-21H2,1-4H3;7-12,19-21H,6,13-18H2,1-5H3;8-13,19-21H,6-7,14-18H2,1-5H3;3-8,17-18,35H,9-16H2,1-2H3. The number of piperidine rings is 4. The van der Waals surface area contributed by atoms with Gasteiger partial charge in [-0.1, -0.05) is 121 Å². The van der Waals surface area contributed by atoms with Crippen LogP contribution in [0.25, 0.3) is 43.6 Å². The minimum atomic E-state index is -4.38. The molecule has 8 aromatic carbocycles. The number of benzene rings is 8. The fraction of sp³-hybridized carbons (Fsp3) is 0.509. The van der Waals surface area contributed by atoms with E-state index in [0.29, 0.717) is 79.0 Å². The SMILES string of the molecule is CCC(C)c1nc(N2CCC(c3ccccc3OC)CC2)c2cc(N(C)CCN3CCOCC3)ccc2n1.CCC(C)c1nc(N2CCC(c3ccccc3OC)CC2)c2cc(N(C)CCOC)ccc2n1.CCCN(C)c1ccc2nc(C(C)CC)nc(N3CCC(c4ccccc4OC)CC3)c2c1.COc1ccccc1C1CCN(c2nc(C3(C(F)(F)F)CC3)nc3ccc(N(C)CCO)cc23)CC1. The summed E-state index contributed by atoms with van der Waals surface area (Å²) in [4.78, 5) is 60.2. The van der Waals surface area contributed by atoms with Gasteiger partial charge in [-0.05, 0) is 233 Å². The number of methoxy groups -OCH3 is 5. The van der Waals surface area contributed by atoms with Crippen LogP contribution >= 0.6 is 0 Å². The van der Waals surface area contributed by atoms with E-state index in [2.05, 4.69) is 240 Å². The summed E-state index contributed by atoms with van der Waals surface area (Å²) in [6.45, 7) is 31.5. The van der Waals surface area contributed by atoms with Gasteiger partial charge in [-0.2, -0.15) is 13.2 Å². The quantitative estimate of drug-likeness (QED) is 0.0405. The van der Waals surface area contributed by atoms with Crippen molar-refractivity contribution in [3.8, 4) is 23.0 Å². The molecule has 3 atom stereocenters. The van der Waals surface area contributed by atoms with Gasteiger partial charge < -0.3 is 72.7 Å². The Morgan fingerprint density at radius 1 is 0.383 bits per heavy atom. The molecular weight excluding hydrogens is 1780 g/mol. The van der Waals surface area contributed by atoms with E-state index in [1.807, 2.05) is 54.4 Å². The van der Waals surface area contributed by atoms with Crippen molar-refractivity contribution in [3.63, 3.8) is 0 Å². The Morgan fingerprint density at radius 2 is 0.681 bits per heavy atom. The number of fused-ring (bicyclic) bond motifs is 4. The lowest BCUT2D eigenvalue weighted by Gasteiger charge is -2.34. The van der Waals surface area contributed by atoms with Crippen molar-refractivity contribution in [1.29, 1.82) is 0 Å². The van der Waals surface area contributed by atoms with Crippen LogP contribution in [0.2, 0.25) is 0 Å². The van der Waals surface area contributed by atoms with Gasteiger partial charge in [0.25, 0.3) is 0 Å². The zero-order chi connectivity index (χ0) is 99.4. The second-order valence-electron chi connectivity index (χ2n) is 39.3. The predicted octanol–water partition coefficient (Wildman–Crippen LogP) is 22.3. The molecule has 1 aliphatic carbocycles. The van der Waals surface area contributed by atoms with Crippen molar-refractivity contribution in [3.05, 3.63) is 215 Å². The van der Waals surface area contributed by atoms with Crippen molar-refractivity contribution in [2.45, 2.75) is 191 Å². The summed E-state index contributed by atoms with van der Waals surface area (Å²) in [5.41, 5.74) is 11.3. The van der Waals surface area contributed by atoms with Crippen LogP contribution in [0.15, 0.2) is 170 Å². The summed E-state index contributed by atoms with van der Waals surface area (Å²) in [6.07, 6.45) is 8.11. The van der Waals surface area contributed by atoms with Gasteiger partial charge in [0.2, 0.25) is 0 Å². The maximum Gasteiger partial charge on any atom is 0.401 e. The summed E-state index contributed by atoms with van der Waals surface area (Å²) in [6, 6.07) is 58.8. The molecule has 5 saturated heterocycles. The molecule has 27 heteroatoms. The summed E-state index contributed by atoms with van der Waals surface area (Å²) in [5, 5.41) is 13.5. The maximum atomic E-state index is 14.0. The predicted molar refractivity (Wildman–Crippen MR) is 570 cm³/mol. The monoisotopic (exact) mass is 1930 g/mol. The van der Waals surface area contributed by atoms with Gasteiger partial charge in [0.15, 0.2) is 0 Å². The van der Waals surface area contributed by atoms with Gasteiger partial charge in [-0.15, -0.1) is 0 Å². The highest BCUT2D eigenvalue weighted by Gasteiger charge is 2.67. The van der Waals surface area contributed by atoms with Gasteiger partial charge in [-0.25, -0.2) is 39.9 Å². The molecule has 4 aromatic heterocycles. The molecule has 24 nitrogen and oxygen atoms in total. The number of morpholine rings is 1. The molecule has 5 aliphatic heterocycles. The number of anilines is 8. The Hall–Kier alpha value is -11.7. The first kappa shape index (κ1) is 104. The van der Waals surface area contributed by atoms with Gasteiger partial charge in [0, 0.05) is 196 Å². The summed E-state index contributed by atoms with van der Waals surface area (Å²) >= 11 is 0.